The molecule has 1 fully saturated rings. The standard InChI is InChI=1S/C9H18N2O2/c1-4-13-9(12)8-7-11(8)6-5-10(2)3/h8H,4-7H2,1-3H3. The number of nitrogens with zero attached hydrogens (tertiary/aromatic N) is 2. The molecule has 2 unspecified atom stereocenters. The van der Waals surface area contributed by atoms with Crippen molar-refractivity contribution in [3.8, 4) is 0 Å². The lowest BCUT2D eigenvalue weighted by Gasteiger charge is -2.09. The van der Waals surface area contributed by atoms with Gasteiger partial charge >= 0.3 is 5.97 Å². The molecule has 0 aromatic carbocycles. The Morgan fingerprint density at radius 1 is 1.62 bits per heavy atom. The van der Waals surface area contributed by atoms with Gasteiger partial charge in [0, 0.05) is 19.6 Å². The largest absolute Gasteiger partial charge is 0.465 e. The second kappa shape index (κ2) is 4.58. The number of rotatable bonds is 5. The fourth-order valence-electron chi connectivity index (χ4n) is 1.21. The van der Waals surface area contributed by atoms with E-state index in [2.05, 4.69) is 9.80 Å². The maximum Gasteiger partial charge on any atom is 0.324 e. The van der Waals surface area contributed by atoms with Crippen molar-refractivity contribution >= 4 is 5.97 Å². The SMILES string of the molecule is CCOC(=O)C1CN1CCN(C)C. The molecule has 0 saturated carbocycles. The van der Waals surface area contributed by atoms with Crippen molar-refractivity contribution in [3.63, 3.8) is 0 Å². The summed E-state index contributed by atoms with van der Waals surface area (Å²) in [5.74, 6) is -0.0683. The van der Waals surface area contributed by atoms with E-state index in [4.69, 9.17) is 4.74 Å². The zero-order chi connectivity index (χ0) is 9.84. The summed E-state index contributed by atoms with van der Waals surface area (Å²) < 4.78 is 4.91. The number of likely N-dealkylation sites (N-methyl/N-ethyl adjacent to an activating group) is 1. The first-order valence-corrected chi connectivity index (χ1v) is 4.70. The van der Waals surface area contributed by atoms with Crippen molar-refractivity contribution in [1.29, 1.82) is 0 Å². The molecule has 4 nitrogen and oxygen atoms in total. The first-order valence-electron chi connectivity index (χ1n) is 4.70. The molecule has 1 saturated heterocycles. The van der Waals surface area contributed by atoms with Crippen molar-refractivity contribution in [3.05, 3.63) is 0 Å². The Balaban J connectivity index is 2.11. The molecule has 13 heavy (non-hydrogen) atoms. The molecule has 0 aromatic rings. The molecule has 0 radical (unpaired) electrons. The molecule has 4 heteroatoms. The highest BCUT2D eigenvalue weighted by Crippen LogP contribution is 2.17. The van der Waals surface area contributed by atoms with Crippen LogP contribution in [0.25, 0.3) is 0 Å². The Bertz CT molecular complexity index is 182. The third-order valence-corrected chi connectivity index (χ3v) is 2.11. The van der Waals surface area contributed by atoms with Crippen molar-refractivity contribution in [2.45, 2.75) is 13.0 Å². The molecule has 76 valence electrons. The molecule has 0 N–H and O–H groups in total. The molecule has 1 aliphatic rings. The topological polar surface area (TPSA) is 32.6 Å². The van der Waals surface area contributed by atoms with Crippen LogP contribution in [0.15, 0.2) is 0 Å². The van der Waals surface area contributed by atoms with E-state index >= 15 is 0 Å². The Morgan fingerprint density at radius 2 is 2.31 bits per heavy atom. The minimum Gasteiger partial charge on any atom is -0.465 e. The van der Waals surface area contributed by atoms with E-state index in [1.165, 1.54) is 0 Å². The van der Waals surface area contributed by atoms with Crippen LogP contribution >= 0.6 is 0 Å². The number of carbonyl (C=O) groups is 1. The van der Waals surface area contributed by atoms with Crippen LogP contribution in [-0.2, 0) is 9.53 Å². The van der Waals surface area contributed by atoms with Crippen LogP contribution in [0.5, 0.6) is 0 Å². The lowest BCUT2D eigenvalue weighted by molar-refractivity contribution is -0.143. The van der Waals surface area contributed by atoms with Gasteiger partial charge in [-0.25, -0.2) is 0 Å². The molecule has 0 aromatic heterocycles. The van der Waals surface area contributed by atoms with Crippen molar-refractivity contribution in [2.24, 2.45) is 0 Å². The zero-order valence-electron chi connectivity index (χ0n) is 8.62. The number of esters is 1. The second-order valence-corrected chi connectivity index (χ2v) is 3.57. The fourth-order valence-corrected chi connectivity index (χ4v) is 1.21. The molecule has 0 amide bonds. The average Bonchev–Trinajstić information content (AvgIpc) is 2.80. The van der Waals surface area contributed by atoms with E-state index in [-0.39, 0.29) is 12.0 Å². The quantitative estimate of drug-likeness (QED) is 0.439. The van der Waals surface area contributed by atoms with Gasteiger partial charge in [-0.2, -0.15) is 0 Å². The van der Waals surface area contributed by atoms with Gasteiger partial charge in [-0.05, 0) is 21.0 Å². The van der Waals surface area contributed by atoms with Crippen molar-refractivity contribution < 1.29 is 9.53 Å². The number of hydrogen-bond donors (Lipinski definition) is 0. The van der Waals surface area contributed by atoms with E-state index in [1.54, 1.807) is 0 Å². The molecule has 1 aliphatic heterocycles. The second-order valence-electron chi connectivity index (χ2n) is 3.57. The zero-order valence-corrected chi connectivity index (χ0v) is 8.62. The van der Waals surface area contributed by atoms with Gasteiger partial charge in [0.2, 0.25) is 0 Å². The third-order valence-electron chi connectivity index (χ3n) is 2.11. The molecule has 0 spiro atoms. The Labute approximate surface area is 79.4 Å². The molecule has 1 rings (SSSR count). The van der Waals surface area contributed by atoms with Crippen LogP contribution in [0, 0.1) is 0 Å². The van der Waals surface area contributed by atoms with Gasteiger partial charge in [-0.1, -0.05) is 0 Å². The highest BCUT2D eigenvalue weighted by atomic mass is 16.5. The van der Waals surface area contributed by atoms with Crippen molar-refractivity contribution in [2.75, 3.05) is 40.3 Å². The summed E-state index contributed by atoms with van der Waals surface area (Å²) in [7, 11) is 4.06. The van der Waals surface area contributed by atoms with Gasteiger partial charge in [-0.15, -0.1) is 0 Å². The first-order chi connectivity index (χ1) is 6.15. The smallest absolute Gasteiger partial charge is 0.324 e. The number of carbonyl (C=O) groups excluding carboxylic acids is 1. The Morgan fingerprint density at radius 3 is 2.85 bits per heavy atom. The molecular weight excluding hydrogens is 168 g/mol. The summed E-state index contributed by atoms with van der Waals surface area (Å²) in [6, 6.07) is 0.0416. The summed E-state index contributed by atoms with van der Waals surface area (Å²) in [6.07, 6.45) is 0. The van der Waals surface area contributed by atoms with E-state index < -0.39 is 0 Å². The average molecular weight is 186 g/mol. The Hall–Kier alpha value is -0.610. The van der Waals surface area contributed by atoms with E-state index in [0.29, 0.717) is 6.61 Å². The van der Waals surface area contributed by atoms with Gasteiger partial charge in [-0.3, -0.25) is 9.69 Å². The minimum atomic E-state index is -0.0683. The summed E-state index contributed by atoms with van der Waals surface area (Å²) in [4.78, 5) is 15.4. The summed E-state index contributed by atoms with van der Waals surface area (Å²) >= 11 is 0. The maximum absolute atomic E-state index is 11.2. The van der Waals surface area contributed by atoms with Gasteiger partial charge in [0.1, 0.15) is 6.04 Å². The predicted molar refractivity (Wildman–Crippen MR) is 50.5 cm³/mol. The highest BCUT2D eigenvalue weighted by Gasteiger charge is 2.40. The van der Waals surface area contributed by atoms with Crippen LogP contribution in [-0.4, -0.2) is 62.1 Å². The lowest BCUT2D eigenvalue weighted by atomic mass is 10.5. The Kier molecular flexibility index (Phi) is 3.69. The molecule has 2 atom stereocenters. The van der Waals surface area contributed by atoms with Gasteiger partial charge < -0.3 is 9.64 Å². The lowest BCUT2D eigenvalue weighted by Crippen LogP contribution is -2.24. The minimum absolute atomic E-state index is 0.0416. The number of hydrogen-bond acceptors (Lipinski definition) is 4. The van der Waals surface area contributed by atoms with Crippen molar-refractivity contribution in [1.82, 2.24) is 9.80 Å². The van der Waals surface area contributed by atoms with Crippen LogP contribution in [0.4, 0.5) is 0 Å². The van der Waals surface area contributed by atoms with Gasteiger partial charge in [0.15, 0.2) is 0 Å². The molecule has 0 bridgehead atoms. The fraction of sp³-hybridized carbons (Fsp3) is 0.889. The van der Waals surface area contributed by atoms with Crippen LogP contribution in [0.1, 0.15) is 6.92 Å². The van der Waals surface area contributed by atoms with Crippen LogP contribution in [0.3, 0.4) is 0 Å². The van der Waals surface area contributed by atoms with E-state index in [1.807, 2.05) is 21.0 Å². The van der Waals surface area contributed by atoms with Gasteiger partial charge in [0.05, 0.1) is 6.61 Å². The summed E-state index contributed by atoms with van der Waals surface area (Å²) in [5.41, 5.74) is 0. The molecule has 1 heterocycles. The molecular formula is C9H18N2O2. The summed E-state index contributed by atoms with van der Waals surface area (Å²) in [6.45, 7) is 5.14. The van der Waals surface area contributed by atoms with Gasteiger partial charge in [0.25, 0.3) is 0 Å². The summed E-state index contributed by atoms with van der Waals surface area (Å²) in [5, 5.41) is 0. The normalized spacial score (nSPS) is 26.2. The van der Waals surface area contributed by atoms with Crippen LogP contribution in [0.2, 0.25) is 0 Å². The van der Waals surface area contributed by atoms with E-state index in [9.17, 15) is 4.79 Å². The first kappa shape index (κ1) is 10.5. The highest BCUT2D eigenvalue weighted by molar-refractivity contribution is 5.79. The third kappa shape index (κ3) is 3.32. The molecule has 0 aliphatic carbocycles. The van der Waals surface area contributed by atoms with E-state index in [0.717, 1.165) is 19.6 Å². The predicted octanol–water partition coefficient (Wildman–Crippen LogP) is -0.205. The maximum atomic E-state index is 11.2. The van der Waals surface area contributed by atoms with Crippen LogP contribution < -0.4 is 0 Å². The monoisotopic (exact) mass is 186 g/mol. The number of ether oxygens (including phenoxy) is 1.